The van der Waals surface area contributed by atoms with E-state index in [0.29, 0.717) is 5.69 Å². The van der Waals surface area contributed by atoms with Crippen LogP contribution in [0.1, 0.15) is 11.4 Å². The summed E-state index contributed by atoms with van der Waals surface area (Å²) in [6.45, 7) is 0. The van der Waals surface area contributed by atoms with Gasteiger partial charge < -0.3 is 10.5 Å². The highest BCUT2D eigenvalue weighted by atomic mass is 35.5. The molecule has 0 atom stereocenters. The molecule has 7 nitrogen and oxygen atoms in total. The molecule has 0 radical (unpaired) electrons. The number of hydrogen-bond acceptors (Lipinski definition) is 6. The minimum absolute atomic E-state index is 0.0658. The van der Waals surface area contributed by atoms with E-state index >= 15 is 0 Å². The van der Waals surface area contributed by atoms with Crippen molar-refractivity contribution in [1.29, 1.82) is 5.26 Å². The molecule has 0 fully saturated rings. The average molecular weight is 296 g/mol. The molecule has 0 saturated carbocycles. The summed E-state index contributed by atoms with van der Waals surface area (Å²) in [4.78, 5) is 0. The number of nitriles is 1. The molecule has 0 aliphatic rings. The SMILES string of the molecule is N#CCc1nonc1/C(=N\O)Nc1ccc(F)c(Cl)c1. The molecule has 9 heteroatoms. The lowest BCUT2D eigenvalue weighted by atomic mass is 10.2. The van der Waals surface area contributed by atoms with Gasteiger partial charge in [-0.15, -0.1) is 0 Å². The van der Waals surface area contributed by atoms with Crippen LogP contribution in [0.2, 0.25) is 5.02 Å². The van der Waals surface area contributed by atoms with Gasteiger partial charge in [-0.05, 0) is 23.4 Å². The van der Waals surface area contributed by atoms with Crippen molar-refractivity contribution in [3.8, 4) is 6.07 Å². The van der Waals surface area contributed by atoms with Crippen LogP contribution in [0.4, 0.5) is 10.1 Å². The van der Waals surface area contributed by atoms with Crippen LogP contribution >= 0.6 is 11.6 Å². The fourth-order valence-corrected chi connectivity index (χ4v) is 1.60. The van der Waals surface area contributed by atoms with Crippen LogP contribution in [0.15, 0.2) is 28.0 Å². The van der Waals surface area contributed by atoms with Crippen molar-refractivity contribution in [2.75, 3.05) is 5.32 Å². The summed E-state index contributed by atoms with van der Waals surface area (Å²) >= 11 is 5.64. The van der Waals surface area contributed by atoms with Crippen molar-refractivity contribution in [3.63, 3.8) is 0 Å². The minimum Gasteiger partial charge on any atom is -0.409 e. The molecule has 0 amide bonds. The third kappa shape index (κ3) is 2.84. The van der Waals surface area contributed by atoms with Crippen LogP contribution in [0.3, 0.4) is 0 Å². The summed E-state index contributed by atoms with van der Waals surface area (Å²) in [5.41, 5.74) is 0.658. The van der Waals surface area contributed by atoms with E-state index in [4.69, 9.17) is 22.1 Å². The summed E-state index contributed by atoms with van der Waals surface area (Å²) in [7, 11) is 0. The quantitative estimate of drug-likeness (QED) is 0.389. The molecule has 20 heavy (non-hydrogen) atoms. The van der Waals surface area contributed by atoms with E-state index in [0.717, 1.165) is 6.07 Å². The number of nitrogens with zero attached hydrogens (tertiary/aromatic N) is 4. The Balaban J connectivity index is 2.27. The number of rotatable bonds is 3. The van der Waals surface area contributed by atoms with Crippen molar-refractivity contribution >= 4 is 23.1 Å². The van der Waals surface area contributed by atoms with Gasteiger partial charge in [0.2, 0.25) is 5.84 Å². The predicted octanol–water partition coefficient (Wildman–Crippen LogP) is 2.18. The number of anilines is 1. The van der Waals surface area contributed by atoms with Crippen LogP contribution in [-0.2, 0) is 6.42 Å². The van der Waals surface area contributed by atoms with Gasteiger partial charge in [-0.25, -0.2) is 9.02 Å². The topological polar surface area (TPSA) is 107 Å². The molecule has 1 aromatic carbocycles. The first-order chi connectivity index (χ1) is 9.65. The summed E-state index contributed by atoms with van der Waals surface area (Å²) < 4.78 is 17.5. The van der Waals surface area contributed by atoms with E-state index in [1.54, 1.807) is 0 Å². The Labute approximate surface area is 117 Å². The number of benzene rings is 1. The van der Waals surface area contributed by atoms with Gasteiger partial charge in [-0.1, -0.05) is 21.9 Å². The molecule has 0 aliphatic carbocycles. The fraction of sp³-hybridized carbons (Fsp3) is 0.0909. The minimum atomic E-state index is -0.576. The maximum atomic E-state index is 13.0. The first kappa shape index (κ1) is 13.8. The van der Waals surface area contributed by atoms with Gasteiger partial charge in [-0.2, -0.15) is 5.26 Å². The second kappa shape index (κ2) is 5.99. The molecular weight excluding hydrogens is 289 g/mol. The smallest absolute Gasteiger partial charge is 0.201 e. The van der Waals surface area contributed by atoms with Crippen molar-refractivity contribution in [1.82, 2.24) is 10.3 Å². The molecule has 2 N–H and O–H groups in total. The lowest BCUT2D eigenvalue weighted by molar-refractivity contribution is 0.301. The van der Waals surface area contributed by atoms with Gasteiger partial charge in [0.15, 0.2) is 5.69 Å². The first-order valence-corrected chi connectivity index (χ1v) is 5.66. The average Bonchev–Trinajstić information content (AvgIpc) is 2.88. The van der Waals surface area contributed by atoms with Crippen molar-refractivity contribution in [2.24, 2.45) is 5.16 Å². The standard InChI is InChI=1S/C11H7ClFN5O2/c12-7-5-6(1-2-8(7)13)15-11(16-19)10-9(3-4-14)17-20-18-10/h1-2,5,19H,3H2,(H,15,16). The molecular formula is C11H7ClFN5O2. The zero-order chi connectivity index (χ0) is 14.5. The normalized spacial score (nSPS) is 11.2. The number of amidine groups is 1. The number of nitrogens with one attached hydrogen (secondary N) is 1. The van der Waals surface area contributed by atoms with Crippen LogP contribution < -0.4 is 5.32 Å². The Morgan fingerprint density at radius 2 is 2.35 bits per heavy atom. The highest BCUT2D eigenvalue weighted by molar-refractivity contribution is 6.31. The summed E-state index contributed by atoms with van der Waals surface area (Å²) in [5.74, 6) is -0.674. The second-order valence-corrected chi connectivity index (χ2v) is 4.00. The van der Waals surface area contributed by atoms with E-state index < -0.39 is 5.82 Å². The molecule has 1 aromatic heterocycles. The molecule has 0 unspecified atom stereocenters. The van der Waals surface area contributed by atoms with Crippen LogP contribution in [-0.4, -0.2) is 21.4 Å². The summed E-state index contributed by atoms with van der Waals surface area (Å²) in [5, 5.41) is 30.3. The van der Waals surface area contributed by atoms with Crippen molar-refractivity contribution < 1.29 is 14.2 Å². The van der Waals surface area contributed by atoms with E-state index in [9.17, 15) is 4.39 Å². The van der Waals surface area contributed by atoms with E-state index in [1.807, 2.05) is 6.07 Å². The van der Waals surface area contributed by atoms with Gasteiger partial charge in [0, 0.05) is 5.69 Å². The summed E-state index contributed by atoms with van der Waals surface area (Å²) in [6, 6.07) is 5.72. The van der Waals surface area contributed by atoms with E-state index in [-0.39, 0.29) is 28.7 Å². The molecule has 0 bridgehead atoms. The molecule has 2 rings (SSSR count). The van der Waals surface area contributed by atoms with Gasteiger partial charge in [0.05, 0.1) is 17.5 Å². The lowest BCUT2D eigenvalue weighted by Crippen LogP contribution is -2.16. The second-order valence-electron chi connectivity index (χ2n) is 3.60. The largest absolute Gasteiger partial charge is 0.409 e. The third-order valence-corrected chi connectivity index (χ3v) is 2.60. The third-order valence-electron chi connectivity index (χ3n) is 2.31. The molecule has 102 valence electrons. The van der Waals surface area contributed by atoms with Crippen molar-refractivity contribution in [3.05, 3.63) is 40.4 Å². The molecule has 0 aliphatic heterocycles. The van der Waals surface area contributed by atoms with Gasteiger partial charge in [0.25, 0.3) is 0 Å². The summed E-state index contributed by atoms with van der Waals surface area (Å²) in [6.07, 6.45) is -0.0658. The molecule has 1 heterocycles. The Kier molecular flexibility index (Phi) is 4.12. The first-order valence-electron chi connectivity index (χ1n) is 5.28. The number of oxime groups is 1. The number of hydrogen-bond donors (Lipinski definition) is 2. The highest BCUT2D eigenvalue weighted by Crippen LogP contribution is 2.20. The van der Waals surface area contributed by atoms with E-state index in [2.05, 4.69) is 25.4 Å². The predicted molar refractivity (Wildman–Crippen MR) is 67.0 cm³/mol. The number of halogens is 2. The lowest BCUT2D eigenvalue weighted by Gasteiger charge is -2.06. The van der Waals surface area contributed by atoms with Crippen LogP contribution in [0.25, 0.3) is 0 Å². The maximum absolute atomic E-state index is 13.0. The zero-order valence-corrected chi connectivity index (χ0v) is 10.6. The Morgan fingerprint density at radius 1 is 1.55 bits per heavy atom. The van der Waals surface area contributed by atoms with Crippen LogP contribution in [0.5, 0.6) is 0 Å². The van der Waals surface area contributed by atoms with Crippen LogP contribution in [0, 0.1) is 17.1 Å². The Hall–Kier alpha value is -2.66. The van der Waals surface area contributed by atoms with Crippen molar-refractivity contribution in [2.45, 2.75) is 6.42 Å². The number of aromatic nitrogens is 2. The Bertz CT molecular complexity index is 694. The monoisotopic (exact) mass is 295 g/mol. The van der Waals surface area contributed by atoms with E-state index in [1.165, 1.54) is 12.1 Å². The molecule has 0 saturated heterocycles. The maximum Gasteiger partial charge on any atom is 0.201 e. The Morgan fingerprint density at radius 3 is 3.00 bits per heavy atom. The molecule has 2 aromatic rings. The van der Waals surface area contributed by atoms with Gasteiger partial charge >= 0.3 is 0 Å². The molecule has 0 spiro atoms. The highest BCUT2D eigenvalue weighted by Gasteiger charge is 2.17. The zero-order valence-electron chi connectivity index (χ0n) is 9.84. The van der Waals surface area contributed by atoms with Gasteiger partial charge in [0.1, 0.15) is 11.5 Å². The van der Waals surface area contributed by atoms with Gasteiger partial charge in [-0.3, -0.25) is 0 Å². The fourth-order valence-electron chi connectivity index (χ4n) is 1.42.